The van der Waals surface area contributed by atoms with Gasteiger partial charge in [-0.3, -0.25) is 4.79 Å². The van der Waals surface area contributed by atoms with Gasteiger partial charge >= 0.3 is 0 Å². The molecule has 0 radical (unpaired) electrons. The lowest BCUT2D eigenvalue weighted by Crippen LogP contribution is -1.98. The lowest BCUT2D eigenvalue weighted by atomic mass is 9.96. The molecule has 0 atom stereocenters. The number of carbonyl (C=O) groups excluding carboxylic acids is 1. The van der Waals surface area contributed by atoms with Gasteiger partial charge in [-0.25, -0.2) is 4.98 Å². The molecule has 0 bridgehead atoms. The first-order chi connectivity index (χ1) is 14.2. The molecule has 1 heterocycles. The Morgan fingerprint density at radius 1 is 0.966 bits per heavy atom. The molecule has 1 aromatic heterocycles. The minimum absolute atomic E-state index is 0.0867. The van der Waals surface area contributed by atoms with E-state index in [2.05, 4.69) is 36.2 Å². The van der Waals surface area contributed by atoms with Crippen LogP contribution in [0.4, 0.5) is 0 Å². The Bertz CT molecular complexity index is 1130. The van der Waals surface area contributed by atoms with Crippen molar-refractivity contribution in [1.29, 1.82) is 0 Å². The number of carbonyl (C=O) groups is 1. The molecule has 3 aromatic carbocycles. The van der Waals surface area contributed by atoms with Crippen LogP contribution in [0.15, 0.2) is 95.7 Å². The zero-order chi connectivity index (χ0) is 20.1. The summed E-state index contributed by atoms with van der Waals surface area (Å²) in [5, 5.41) is 0. The summed E-state index contributed by atoms with van der Waals surface area (Å²) in [6.07, 6.45) is 7.11. The predicted molar refractivity (Wildman–Crippen MR) is 116 cm³/mol. The van der Waals surface area contributed by atoms with Crippen LogP contribution < -0.4 is 0 Å². The average Bonchev–Trinajstić information content (AvgIpc) is 3.29. The molecule has 0 fully saturated rings. The summed E-state index contributed by atoms with van der Waals surface area (Å²) in [5.74, 6) is 0.697. The summed E-state index contributed by atoms with van der Waals surface area (Å²) in [4.78, 5) is 16.5. The topological polar surface area (TPSA) is 43.1 Å². The second kappa shape index (κ2) is 8.53. The quantitative estimate of drug-likeness (QED) is 0.378. The molecule has 0 saturated carbocycles. The maximum Gasteiger partial charge on any atom is 0.225 e. The average molecular weight is 379 g/mol. The van der Waals surface area contributed by atoms with Crippen LogP contribution in [0.25, 0.3) is 28.7 Å². The van der Waals surface area contributed by atoms with Gasteiger partial charge in [0, 0.05) is 12.0 Å². The van der Waals surface area contributed by atoms with Crippen molar-refractivity contribution < 1.29 is 9.21 Å². The lowest BCUT2D eigenvalue weighted by Gasteiger charge is -2.09. The van der Waals surface area contributed by atoms with Crippen LogP contribution in [-0.2, 0) is 11.2 Å². The molecule has 0 saturated heterocycles. The van der Waals surface area contributed by atoms with Gasteiger partial charge in [0.1, 0.15) is 6.26 Å². The molecule has 4 rings (SSSR count). The first-order valence-corrected chi connectivity index (χ1v) is 9.55. The molecule has 3 heteroatoms. The summed E-state index contributed by atoms with van der Waals surface area (Å²) in [5.41, 5.74) is 6.38. The van der Waals surface area contributed by atoms with E-state index in [9.17, 15) is 4.79 Å². The number of hydrogen-bond acceptors (Lipinski definition) is 3. The van der Waals surface area contributed by atoms with Crippen LogP contribution in [0.2, 0.25) is 0 Å². The Balaban J connectivity index is 1.49. The number of allylic oxidation sites excluding steroid dienone is 1. The van der Waals surface area contributed by atoms with E-state index < -0.39 is 0 Å². The summed E-state index contributed by atoms with van der Waals surface area (Å²) < 4.78 is 5.41. The van der Waals surface area contributed by atoms with Crippen molar-refractivity contribution in [2.45, 2.75) is 13.3 Å². The van der Waals surface area contributed by atoms with E-state index in [0.717, 1.165) is 27.8 Å². The first-order valence-electron chi connectivity index (χ1n) is 9.55. The van der Waals surface area contributed by atoms with Crippen molar-refractivity contribution in [3.05, 3.63) is 108 Å². The number of benzene rings is 3. The SMILES string of the molecule is Cc1ccc(-c2ncco2)cc1-c1ccc(CC(=O)/C=C/c2ccccc2)cc1. The molecule has 142 valence electrons. The highest BCUT2D eigenvalue weighted by molar-refractivity contribution is 5.95. The summed E-state index contributed by atoms with van der Waals surface area (Å²) >= 11 is 0. The third-order valence-electron chi connectivity index (χ3n) is 4.82. The molecule has 3 nitrogen and oxygen atoms in total. The standard InChI is InChI=1S/C26H21NO2/c1-19-7-11-23(26-27-15-16-29-26)18-25(19)22-12-8-21(9-13-22)17-24(28)14-10-20-5-3-2-4-6-20/h2-16,18H,17H2,1H3/b14-10+. The van der Waals surface area contributed by atoms with Crippen molar-refractivity contribution in [3.63, 3.8) is 0 Å². The summed E-state index contributed by atoms with van der Waals surface area (Å²) in [6, 6.07) is 24.2. The molecular weight excluding hydrogens is 358 g/mol. The van der Waals surface area contributed by atoms with Gasteiger partial charge in [-0.1, -0.05) is 66.7 Å². The van der Waals surface area contributed by atoms with Crippen LogP contribution in [-0.4, -0.2) is 10.8 Å². The molecule has 0 amide bonds. The molecule has 0 aliphatic heterocycles. The van der Waals surface area contributed by atoms with Crippen molar-refractivity contribution in [2.24, 2.45) is 0 Å². The summed E-state index contributed by atoms with van der Waals surface area (Å²) in [6.45, 7) is 2.08. The normalized spacial score (nSPS) is 11.1. The lowest BCUT2D eigenvalue weighted by molar-refractivity contribution is -0.113. The Hall–Kier alpha value is -3.72. The van der Waals surface area contributed by atoms with Crippen LogP contribution in [0, 0.1) is 6.92 Å². The van der Waals surface area contributed by atoms with Crippen molar-refractivity contribution in [1.82, 2.24) is 4.98 Å². The fourth-order valence-electron chi connectivity index (χ4n) is 3.25. The Morgan fingerprint density at radius 3 is 2.45 bits per heavy atom. The highest BCUT2D eigenvalue weighted by atomic mass is 16.3. The van der Waals surface area contributed by atoms with E-state index in [1.165, 1.54) is 5.56 Å². The fraction of sp³-hybridized carbons (Fsp3) is 0.0769. The summed E-state index contributed by atoms with van der Waals surface area (Å²) in [7, 11) is 0. The van der Waals surface area contributed by atoms with Crippen LogP contribution in [0.3, 0.4) is 0 Å². The molecule has 4 aromatic rings. The second-order valence-corrected chi connectivity index (χ2v) is 6.95. The first kappa shape index (κ1) is 18.6. The van der Waals surface area contributed by atoms with Gasteiger partial charge in [0.05, 0.1) is 6.20 Å². The zero-order valence-electron chi connectivity index (χ0n) is 16.2. The highest BCUT2D eigenvalue weighted by Crippen LogP contribution is 2.29. The fourth-order valence-corrected chi connectivity index (χ4v) is 3.25. The van der Waals surface area contributed by atoms with E-state index in [1.54, 1.807) is 18.5 Å². The molecule has 0 N–H and O–H groups in total. The molecule has 0 unspecified atom stereocenters. The second-order valence-electron chi connectivity index (χ2n) is 6.95. The van der Waals surface area contributed by atoms with Gasteiger partial charge in [-0.15, -0.1) is 0 Å². The van der Waals surface area contributed by atoms with Gasteiger partial charge in [-0.05, 0) is 52.9 Å². The largest absolute Gasteiger partial charge is 0.445 e. The van der Waals surface area contributed by atoms with Crippen LogP contribution >= 0.6 is 0 Å². The van der Waals surface area contributed by atoms with E-state index in [-0.39, 0.29) is 5.78 Å². The third kappa shape index (κ3) is 4.58. The Labute approximate surface area is 170 Å². The minimum atomic E-state index is 0.0867. The van der Waals surface area contributed by atoms with Crippen LogP contribution in [0.1, 0.15) is 16.7 Å². The van der Waals surface area contributed by atoms with E-state index in [1.807, 2.05) is 54.6 Å². The zero-order valence-corrected chi connectivity index (χ0v) is 16.2. The monoisotopic (exact) mass is 379 g/mol. The maximum absolute atomic E-state index is 12.3. The number of hydrogen-bond donors (Lipinski definition) is 0. The van der Waals surface area contributed by atoms with E-state index in [4.69, 9.17) is 4.42 Å². The minimum Gasteiger partial charge on any atom is -0.445 e. The number of oxazole rings is 1. The number of nitrogens with zero attached hydrogens (tertiary/aromatic N) is 1. The third-order valence-corrected chi connectivity index (χ3v) is 4.82. The van der Waals surface area contributed by atoms with E-state index >= 15 is 0 Å². The number of aryl methyl sites for hydroxylation is 1. The van der Waals surface area contributed by atoms with Crippen LogP contribution in [0.5, 0.6) is 0 Å². The smallest absolute Gasteiger partial charge is 0.225 e. The van der Waals surface area contributed by atoms with Gasteiger partial charge in [0.25, 0.3) is 0 Å². The van der Waals surface area contributed by atoms with Crippen molar-refractivity contribution in [2.75, 3.05) is 0 Å². The number of rotatable bonds is 6. The Kier molecular flexibility index (Phi) is 5.48. The molecule has 0 spiro atoms. The molecular formula is C26H21NO2. The molecule has 29 heavy (non-hydrogen) atoms. The van der Waals surface area contributed by atoms with Gasteiger partial charge < -0.3 is 4.42 Å². The maximum atomic E-state index is 12.3. The Morgan fingerprint density at radius 2 is 1.72 bits per heavy atom. The predicted octanol–water partition coefficient (Wildman–Crippen LogP) is 6.14. The van der Waals surface area contributed by atoms with Crippen molar-refractivity contribution >= 4 is 11.9 Å². The van der Waals surface area contributed by atoms with Gasteiger partial charge in [-0.2, -0.15) is 0 Å². The van der Waals surface area contributed by atoms with Gasteiger partial charge in [0.2, 0.25) is 5.89 Å². The molecule has 0 aliphatic rings. The number of aromatic nitrogens is 1. The van der Waals surface area contributed by atoms with Gasteiger partial charge in [0.15, 0.2) is 5.78 Å². The van der Waals surface area contributed by atoms with Crippen molar-refractivity contribution in [3.8, 4) is 22.6 Å². The van der Waals surface area contributed by atoms with E-state index in [0.29, 0.717) is 12.3 Å². The highest BCUT2D eigenvalue weighted by Gasteiger charge is 2.08. The molecule has 0 aliphatic carbocycles. The number of ketones is 1.